The lowest BCUT2D eigenvalue weighted by Gasteiger charge is -2.06. The maximum Gasteiger partial charge on any atom is 0.246 e. The largest absolute Gasteiger partial charge is 0.508 e. The fraction of sp³-hybridized carbons (Fsp3) is 0.100. The summed E-state index contributed by atoms with van der Waals surface area (Å²) in [5.41, 5.74) is 0.00733. The second-order valence-electron chi connectivity index (χ2n) is 3.31. The molecule has 0 aliphatic carbocycles. The molecule has 2 N–H and O–H groups in total. The Kier molecular flexibility index (Phi) is 2.99. The van der Waals surface area contributed by atoms with Crippen molar-refractivity contribution in [3.8, 4) is 5.75 Å². The predicted octanol–water partition coefficient (Wildman–Crippen LogP) is 0.761. The van der Waals surface area contributed by atoms with E-state index in [1.807, 2.05) is 0 Å². The molecule has 6 nitrogen and oxygen atoms in total. The number of aromatic hydroxyl groups is 1. The summed E-state index contributed by atoms with van der Waals surface area (Å²) in [7, 11) is 0. The average Bonchev–Trinajstić information content (AvgIpc) is 2.75. The van der Waals surface area contributed by atoms with Crippen LogP contribution in [-0.4, -0.2) is 26.0 Å². The monoisotopic (exact) mass is 236 g/mol. The average molecular weight is 236 g/mol. The van der Waals surface area contributed by atoms with Gasteiger partial charge in [0, 0.05) is 12.3 Å². The van der Waals surface area contributed by atoms with Gasteiger partial charge in [-0.2, -0.15) is 0 Å². The van der Waals surface area contributed by atoms with Crippen molar-refractivity contribution < 1.29 is 14.3 Å². The van der Waals surface area contributed by atoms with Gasteiger partial charge in [0.05, 0.1) is 11.9 Å². The van der Waals surface area contributed by atoms with Crippen molar-refractivity contribution in [2.75, 3.05) is 5.32 Å². The van der Waals surface area contributed by atoms with Crippen LogP contribution in [0.5, 0.6) is 5.75 Å². The minimum Gasteiger partial charge on any atom is -0.508 e. The molecule has 0 unspecified atom stereocenters. The molecule has 0 aliphatic heterocycles. The number of amides is 1. The van der Waals surface area contributed by atoms with E-state index in [1.165, 1.54) is 29.2 Å². The highest BCUT2D eigenvalue weighted by Crippen LogP contribution is 2.19. The van der Waals surface area contributed by atoms with E-state index < -0.39 is 11.7 Å². The third-order valence-corrected chi connectivity index (χ3v) is 2.00. The maximum absolute atomic E-state index is 13.3. The first-order chi connectivity index (χ1) is 8.15. The van der Waals surface area contributed by atoms with Crippen LogP contribution >= 0.6 is 0 Å². The van der Waals surface area contributed by atoms with E-state index in [9.17, 15) is 9.18 Å². The second kappa shape index (κ2) is 4.60. The molecule has 2 rings (SSSR count). The number of phenolic OH excluding ortho intramolecular Hbond substituents is 1. The zero-order valence-electron chi connectivity index (χ0n) is 8.67. The molecule has 1 amide bonds. The Morgan fingerprint density at radius 1 is 1.53 bits per heavy atom. The summed E-state index contributed by atoms with van der Waals surface area (Å²) in [5, 5.41) is 18.5. The highest BCUT2D eigenvalue weighted by atomic mass is 19.1. The number of carbonyl (C=O) groups is 1. The molecule has 1 aromatic heterocycles. The van der Waals surface area contributed by atoms with Crippen LogP contribution < -0.4 is 5.32 Å². The van der Waals surface area contributed by atoms with E-state index in [-0.39, 0.29) is 18.0 Å². The summed E-state index contributed by atoms with van der Waals surface area (Å²) in [6, 6.07) is 3.49. The fourth-order valence-corrected chi connectivity index (χ4v) is 1.26. The molecule has 0 radical (unpaired) electrons. The van der Waals surface area contributed by atoms with E-state index in [2.05, 4.69) is 15.6 Å². The van der Waals surface area contributed by atoms with Gasteiger partial charge in [0.2, 0.25) is 5.91 Å². The molecular formula is C10H9FN4O2. The quantitative estimate of drug-likeness (QED) is 0.771. The predicted molar refractivity (Wildman–Crippen MR) is 56.7 cm³/mol. The molecule has 0 saturated carbocycles. The lowest BCUT2D eigenvalue weighted by Crippen LogP contribution is -2.19. The zero-order chi connectivity index (χ0) is 12.3. The first-order valence-electron chi connectivity index (χ1n) is 4.77. The van der Waals surface area contributed by atoms with Crippen LogP contribution in [0.15, 0.2) is 30.6 Å². The normalized spacial score (nSPS) is 10.2. The lowest BCUT2D eigenvalue weighted by atomic mass is 10.3. The number of hydrogen-bond acceptors (Lipinski definition) is 4. The van der Waals surface area contributed by atoms with Crippen molar-refractivity contribution in [1.29, 1.82) is 0 Å². The minimum absolute atomic E-state index is 0.00733. The summed E-state index contributed by atoms with van der Waals surface area (Å²) in [4.78, 5) is 11.5. The zero-order valence-corrected chi connectivity index (χ0v) is 8.67. The van der Waals surface area contributed by atoms with Crippen LogP contribution in [0, 0.1) is 5.82 Å². The third-order valence-electron chi connectivity index (χ3n) is 2.00. The van der Waals surface area contributed by atoms with Gasteiger partial charge in [0.1, 0.15) is 18.1 Å². The number of halogens is 1. The SMILES string of the molecule is O=C(Cn1ccnn1)Nc1ccc(O)cc1F. The number of carbonyl (C=O) groups excluding carboxylic acids is 1. The van der Waals surface area contributed by atoms with Crippen molar-refractivity contribution in [1.82, 2.24) is 15.0 Å². The number of hydrogen-bond donors (Lipinski definition) is 2. The summed E-state index contributed by atoms with van der Waals surface area (Å²) in [6.45, 7) is -0.0552. The molecule has 0 aliphatic rings. The number of rotatable bonds is 3. The number of aromatic nitrogens is 3. The lowest BCUT2D eigenvalue weighted by molar-refractivity contribution is -0.116. The van der Waals surface area contributed by atoms with Gasteiger partial charge < -0.3 is 10.4 Å². The van der Waals surface area contributed by atoms with Gasteiger partial charge in [0.15, 0.2) is 0 Å². The Morgan fingerprint density at radius 3 is 3.00 bits per heavy atom. The van der Waals surface area contributed by atoms with Gasteiger partial charge in [-0.05, 0) is 12.1 Å². The second-order valence-corrected chi connectivity index (χ2v) is 3.31. The molecule has 88 valence electrons. The highest BCUT2D eigenvalue weighted by molar-refractivity contribution is 5.90. The Hall–Kier alpha value is -2.44. The highest BCUT2D eigenvalue weighted by Gasteiger charge is 2.08. The maximum atomic E-state index is 13.3. The van der Waals surface area contributed by atoms with Crippen molar-refractivity contribution in [2.45, 2.75) is 6.54 Å². The molecule has 1 heterocycles. The molecule has 1 aromatic carbocycles. The molecule has 17 heavy (non-hydrogen) atoms. The van der Waals surface area contributed by atoms with E-state index >= 15 is 0 Å². The van der Waals surface area contributed by atoms with Crippen LogP contribution in [0.3, 0.4) is 0 Å². The summed E-state index contributed by atoms with van der Waals surface area (Å²) < 4.78 is 14.6. The molecule has 0 atom stereocenters. The van der Waals surface area contributed by atoms with Gasteiger partial charge in [-0.1, -0.05) is 5.21 Å². The number of nitrogens with one attached hydrogen (secondary N) is 1. The number of anilines is 1. The van der Waals surface area contributed by atoms with Crippen LogP contribution in [-0.2, 0) is 11.3 Å². The molecular weight excluding hydrogens is 227 g/mol. The van der Waals surface area contributed by atoms with Crippen LogP contribution in [0.2, 0.25) is 0 Å². The Bertz CT molecular complexity index is 527. The Morgan fingerprint density at radius 2 is 2.35 bits per heavy atom. The van der Waals surface area contributed by atoms with Gasteiger partial charge in [-0.15, -0.1) is 5.10 Å². The molecule has 0 saturated heterocycles. The van der Waals surface area contributed by atoms with Crippen LogP contribution in [0.1, 0.15) is 0 Å². The molecule has 0 fully saturated rings. The summed E-state index contributed by atoms with van der Waals surface area (Å²) >= 11 is 0. The van der Waals surface area contributed by atoms with E-state index in [1.54, 1.807) is 0 Å². The molecule has 7 heteroatoms. The third kappa shape index (κ3) is 2.77. The summed E-state index contributed by atoms with van der Waals surface area (Å²) in [5.74, 6) is -1.33. The standard InChI is InChI=1S/C10H9FN4O2/c11-8-5-7(16)1-2-9(8)13-10(17)6-15-4-3-12-14-15/h1-5,16H,6H2,(H,13,17). The van der Waals surface area contributed by atoms with E-state index in [4.69, 9.17) is 5.11 Å². The number of nitrogens with zero attached hydrogens (tertiary/aromatic N) is 3. The van der Waals surface area contributed by atoms with Crippen molar-refractivity contribution >= 4 is 11.6 Å². The first-order valence-corrected chi connectivity index (χ1v) is 4.77. The van der Waals surface area contributed by atoms with Crippen molar-refractivity contribution in [3.05, 3.63) is 36.4 Å². The van der Waals surface area contributed by atoms with Gasteiger partial charge in [-0.25, -0.2) is 9.07 Å². The minimum atomic E-state index is -0.697. The van der Waals surface area contributed by atoms with Crippen molar-refractivity contribution in [2.24, 2.45) is 0 Å². The molecule has 0 spiro atoms. The van der Waals surface area contributed by atoms with Crippen LogP contribution in [0.25, 0.3) is 0 Å². The fourth-order valence-electron chi connectivity index (χ4n) is 1.26. The first kappa shape index (κ1) is 11.1. The van der Waals surface area contributed by atoms with Gasteiger partial charge >= 0.3 is 0 Å². The van der Waals surface area contributed by atoms with E-state index in [0.717, 1.165) is 6.07 Å². The smallest absolute Gasteiger partial charge is 0.246 e. The topological polar surface area (TPSA) is 80.0 Å². The Labute approximate surface area is 95.7 Å². The van der Waals surface area contributed by atoms with Crippen molar-refractivity contribution in [3.63, 3.8) is 0 Å². The number of benzene rings is 1. The van der Waals surface area contributed by atoms with Crippen LogP contribution in [0.4, 0.5) is 10.1 Å². The molecule has 2 aromatic rings. The Balaban J connectivity index is 2.03. The van der Waals surface area contributed by atoms with Gasteiger partial charge in [0.25, 0.3) is 0 Å². The van der Waals surface area contributed by atoms with E-state index in [0.29, 0.717) is 0 Å². The number of phenols is 1. The summed E-state index contributed by atoms with van der Waals surface area (Å²) in [6.07, 6.45) is 2.96. The molecule has 0 bridgehead atoms. The van der Waals surface area contributed by atoms with Gasteiger partial charge in [-0.3, -0.25) is 4.79 Å².